The highest BCUT2D eigenvalue weighted by atomic mass is 16.5. The van der Waals surface area contributed by atoms with Gasteiger partial charge in [0.1, 0.15) is 0 Å². The van der Waals surface area contributed by atoms with Crippen molar-refractivity contribution < 1.29 is 14.6 Å². The SMILES string of the molecule is CC(C)CC(C)(O)CNC(=O)C1(CN)CCOCC1. The van der Waals surface area contributed by atoms with E-state index in [2.05, 4.69) is 19.2 Å². The Morgan fingerprint density at radius 1 is 1.47 bits per heavy atom. The highest BCUT2D eigenvalue weighted by molar-refractivity contribution is 5.83. The van der Waals surface area contributed by atoms with Crippen LogP contribution in [0, 0.1) is 11.3 Å². The fourth-order valence-corrected chi connectivity index (χ4v) is 2.70. The fraction of sp³-hybridized carbons (Fsp3) is 0.929. The summed E-state index contributed by atoms with van der Waals surface area (Å²) in [7, 11) is 0. The van der Waals surface area contributed by atoms with Gasteiger partial charge in [-0.15, -0.1) is 0 Å². The van der Waals surface area contributed by atoms with Gasteiger partial charge >= 0.3 is 0 Å². The predicted molar refractivity (Wildman–Crippen MR) is 74.6 cm³/mol. The third-order valence-corrected chi connectivity index (χ3v) is 3.80. The van der Waals surface area contributed by atoms with Gasteiger partial charge in [-0.25, -0.2) is 0 Å². The summed E-state index contributed by atoms with van der Waals surface area (Å²) in [6, 6.07) is 0. The van der Waals surface area contributed by atoms with E-state index in [1.54, 1.807) is 6.92 Å². The number of amides is 1. The van der Waals surface area contributed by atoms with Crippen LogP contribution in [-0.2, 0) is 9.53 Å². The first-order chi connectivity index (χ1) is 8.81. The molecular formula is C14H28N2O3. The van der Waals surface area contributed by atoms with E-state index in [0.717, 1.165) is 0 Å². The Labute approximate surface area is 115 Å². The van der Waals surface area contributed by atoms with Crippen molar-refractivity contribution in [3.8, 4) is 0 Å². The first kappa shape index (κ1) is 16.4. The van der Waals surface area contributed by atoms with Gasteiger partial charge in [0.15, 0.2) is 0 Å². The van der Waals surface area contributed by atoms with E-state index >= 15 is 0 Å². The molecule has 1 aliphatic heterocycles. The van der Waals surface area contributed by atoms with Crippen molar-refractivity contribution in [2.45, 2.75) is 45.6 Å². The van der Waals surface area contributed by atoms with Crippen molar-refractivity contribution in [3.63, 3.8) is 0 Å². The molecule has 1 amide bonds. The molecule has 112 valence electrons. The van der Waals surface area contributed by atoms with Crippen LogP contribution < -0.4 is 11.1 Å². The molecule has 1 saturated heterocycles. The minimum Gasteiger partial charge on any atom is -0.388 e. The van der Waals surface area contributed by atoms with Crippen molar-refractivity contribution in [2.75, 3.05) is 26.3 Å². The Morgan fingerprint density at radius 2 is 2.05 bits per heavy atom. The zero-order chi connectivity index (χ0) is 14.5. The van der Waals surface area contributed by atoms with E-state index in [1.807, 2.05) is 0 Å². The van der Waals surface area contributed by atoms with Crippen LogP contribution in [0.3, 0.4) is 0 Å². The van der Waals surface area contributed by atoms with Crippen molar-refractivity contribution in [3.05, 3.63) is 0 Å². The summed E-state index contributed by atoms with van der Waals surface area (Å²) in [5.41, 5.74) is 4.39. The molecule has 1 fully saturated rings. The van der Waals surface area contributed by atoms with E-state index in [9.17, 15) is 9.90 Å². The Bertz CT molecular complexity index is 297. The molecule has 0 aromatic rings. The van der Waals surface area contributed by atoms with E-state index in [0.29, 0.717) is 44.9 Å². The molecule has 0 spiro atoms. The quantitative estimate of drug-likeness (QED) is 0.663. The van der Waals surface area contributed by atoms with Crippen LogP contribution in [0.1, 0.15) is 40.0 Å². The molecule has 1 unspecified atom stereocenters. The van der Waals surface area contributed by atoms with E-state index in [4.69, 9.17) is 10.5 Å². The van der Waals surface area contributed by atoms with Gasteiger partial charge in [0.2, 0.25) is 5.91 Å². The maximum Gasteiger partial charge on any atom is 0.227 e. The van der Waals surface area contributed by atoms with Crippen LogP contribution in [0.25, 0.3) is 0 Å². The summed E-state index contributed by atoms with van der Waals surface area (Å²) in [5, 5.41) is 13.1. The monoisotopic (exact) mass is 272 g/mol. The molecule has 5 nitrogen and oxygen atoms in total. The van der Waals surface area contributed by atoms with Gasteiger partial charge < -0.3 is 20.9 Å². The number of nitrogens with one attached hydrogen (secondary N) is 1. The molecule has 1 heterocycles. The standard InChI is InChI=1S/C14H28N2O3/c1-11(2)8-13(3,18)10-16-12(17)14(9-15)4-6-19-7-5-14/h11,18H,4-10,15H2,1-3H3,(H,16,17). The summed E-state index contributed by atoms with van der Waals surface area (Å²) >= 11 is 0. The van der Waals surface area contributed by atoms with Crippen LogP contribution in [0.5, 0.6) is 0 Å². The van der Waals surface area contributed by atoms with Crippen LogP contribution in [-0.4, -0.2) is 42.9 Å². The average molecular weight is 272 g/mol. The van der Waals surface area contributed by atoms with Crippen molar-refractivity contribution in [1.29, 1.82) is 0 Å². The molecule has 1 rings (SSSR count). The number of aliphatic hydroxyl groups is 1. The largest absolute Gasteiger partial charge is 0.388 e. The van der Waals surface area contributed by atoms with Gasteiger partial charge in [0, 0.05) is 26.3 Å². The summed E-state index contributed by atoms with van der Waals surface area (Å²) in [5.74, 6) is 0.334. The molecule has 1 atom stereocenters. The first-order valence-electron chi connectivity index (χ1n) is 7.10. The zero-order valence-electron chi connectivity index (χ0n) is 12.4. The number of ether oxygens (including phenoxy) is 1. The normalized spacial score (nSPS) is 22.0. The smallest absolute Gasteiger partial charge is 0.227 e. The lowest BCUT2D eigenvalue weighted by molar-refractivity contribution is -0.137. The van der Waals surface area contributed by atoms with E-state index < -0.39 is 11.0 Å². The van der Waals surface area contributed by atoms with Gasteiger partial charge in [-0.05, 0) is 32.1 Å². The Hall–Kier alpha value is -0.650. The van der Waals surface area contributed by atoms with Crippen molar-refractivity contribution >= 4 is 5.91 Å². The Kier molecular flexibility index (Phi) is 5.77. The number of carbonyl (C=O) groups excluding carboxylic acids is 1. The lowest BCUT2D eigenvalue weighted by Crippen LogP contribution is -2.52. The molecule has 19 heavy (non-hydrogen) atoms. The lowest BCUT2D eigenvalue weighted by Gasteiger charge is -2.36. The maximum atomic E-state index is 12.3. The third-order valence-electron chi connectivity index (χ3n) is 3.80. The Morgan fingerprint density at radius 3 is 2.53 bits per heavy atom. The highest BCUT2D eigenvalue weighted by Crippen LogP contribution is 2.29. The number of hydrogen-bond acceptors (Lipinski definition) is 4. The highest BCUT2D eigenvalue weighted by Gasteiger charge is 2.39. The average Bonchev–Trinajstić information content (AvgIpc) is 2.35. The lowest BCUT2D eigenvalue weighted by atomic mass is 9.79. The summed E-state index contributed by atoms with van der Waals surface area (Å²) in [4.78, 5) is 12.3. The summed E-state index contributed by atoms with van der Waals surface area (Å²) in [6.07, 6.45) is 1.97. The van der Waals surface area contributed by atoms with Crippen LogP contribution in [0.2, 0.25) is 0 Å². The van der Waals surface area contributed by atoms with Gasteiger partial charge in [-0.2, -0.15) is 0 Å². The zero-order valence-corrected chi connectivity index (χ0v) is 12.4. The molecular weight excluding hydrogens is 244 g/mol. The second-order valence-electron chi connectivity index (χ2n) is 6.37. The Balaban J connectivity index is 2.53. The van der Waals surface area contributed by atoms with Crippen LogP contribution >= 0.6 is 0 Å². The molecule has 0 bridgehead atoms. The van der Waals surface area contributed by atoms with Crippen LogP contribution in [0.4, 0.5) is 0 Å². The number of nitrogens with two attached hydrogens (primary N) is 1. The molecule has 0 aromatic carbocycles. The molecule has 1 aliphatic rings. The number of hydrogen-bond donors (Lipinski definition) is 3. The van der Waals surface area contributed by atoms with Gasteiger partial charge in [-0.3, -0.25) is 4.79 Å². The number of rotatable bonds is 6. The second-order valence-corrected chi connectivity index (χ2v) is 6.37. The third kappa shape index (κ3) is 4.75. The van der Waals surface area contributed by atoms with E-state index in [-0.39, 0.29) is 12.5 Å². The molecule has 0 saturated carbocycles. The van der Waals surface area contributed by atoms with Crippen molar-refractivity contribution in [2.24, 2.45) is 17.1 Å². The minimum absolute atomic E-state index is 0.0534. The number of carbonyl (C=O) groups is 1. The molecule has 0 radical (unpaired) electrons. The molecule has 0 aromatic heterocycles. The van der Waals surface area contributed by atoms with Crippen molar-refractivity contribution in [1.82, 2.24) is 5.32 Å². The topological polar surface area (TPSA) is 84.6 Å². The molecule has 4 N–H and O–H groups in total. The first-order valence-corrected chi connectivity index (χ1v) is 7.10. The van der Waals surface area contributed by atoms with Gasteiger partial charge in [0.25, 0.3) is 0 Å². The minimum atomic E-state index is -0.870. The van der Waals surface area contributed by atoms with Crippen LogP contribution in [0.15, 0.2) is 0 Å². The maximum absolute atomic E-state index is 12.3. The summed E-state index contributed by atoms with van der Waals surface area (Å²) in [6.45, 7) is 7.61. The predicted octanol–water partition coefficient (Wildman–Crippen LogP) is 0.655. The fourth-order valence-electron chi connectivity index (χ4n) is 2.70. The molecule has 5 heteroatoms. The van der Waals surface area contributed by atoms with Gasteiger partial charge in [-0.1, -0.05) is 13.8 Å². The molecule has 0 aliphatic carbocycles. The summed E-state index contributed by atoms with van der Waals surface area (Å²) < 4.78 is 5.29. The second kappa shape index (κ2) is 6.68. The van der Waals surface area contributed by atoms with E-state index in [1.165, 1.54) is 0 Å². The van der Waals surface area contributed by atoms with Gasteiger partial charge in [0.05, 0.1) is 11.0 Å².